The fourth-order valence-corrected chi connectivity index (χ4v) is 9.76. The molecule has 0 fully saturated rings. The molecule has 0 aliphatic rings. The second-order valence-corrected chi connectivity index (χ2v) is 21.1. The van der Waals surface area contributed by atoms with Crippen LogP contribution in [0.5, 0.6) is 0 Å². The Morgan fingerprint density at radius 1 is 0.364 bits per heavy atom. The van der Waals surface area contributed by atoms with Gasteiger partial charge >= 0.3 is 5.97 Å². The van der Waals surface area contributed by atoms with Gasteiger partial charge in [0.25, 0.3) is 0 Å². The van der Waals surface area contributed by atoms with E-state index in [-0.39, 0.29) is 18.5 Å². The van der Waals surface area contributed by atoms with Crippen LogP contribution in [0.4, 0.5) is 0 Å². The molecule has 0 saturated heterocycles. The Bertz CT molecular complexity index is 944. The number of aliphatic hydroxyl groups excluding tert-OH is 2. The number of carbonyl (C=O) groups is 2. The van der Waals surface area contributed by atoms with Gasteiger partial charge in [0, 0.05) is 12.8 Å². The van der Waals surface area contributed by atoms with Crippen molar-refractivity contribution >= 4 is 11.9 Å². The van der Waals surface area contributed by atoms with Crippen LogP contribution in [0.25, 0.3) is 0 Å². The van der Waals surface area contributed by atoms with Crippen LogP contribution in [0.1, 0.15) is 348 Å². The molecule has 0 bridgehead atoms. The van der Waals surface area contributed by atoms with Crippen LogP contribution < -0.4 is 5.32 Å². The molecule has 2 atom stereocenters. The molecule has 2 unspecified atom stereocenters. The number of unbranched alkanes of at least 4 members (excludes halogenated alkanes) is 46. The minimum Gasteiger partial charge on any atom is -0.466 e. The van der Waals surface area contributed by atoms with Crippen LogP contribution in [0.3, 0.4) is 0 Å². The van der Waals surface area contributed by atoms with Gasteiger partial charge in [0.2, 0.25) is 5.91 Å². The first kappa shape index (κ1) is 64.9. The fraction of sp³-hybridized carbons (Fsp3) is 0.967. The van der Waals surface area contributed by atoms with Crippen LogP contribution in [-0.4, -0.2) is 47.4 Å². The molecule has 3 N–H and O–H groups in total. The maximum atomic E-state index is 12.5. The lowest BCUT2D eigenvalue weighted by atomic mass is 10.0. The minimum absolute atomic E-state index is 0.0148. The van der Waals surface area contributed by atoms with Gasteiger partial charge in [0.05, 0.1) is 25.4 Å². The van der Waals surface area contributed by atoms with E-state index in [1.54, 1.807) is 0 Å². The number of hydrogen-bond acceptors (Lipinski definition) is 5. The van der Waals surface area contributed by atoms with E-state index in [1.165, 1.54) is 276 Å². The number of ether oxygens (including phenoxy) is 1. The van der Waals surface area contributed by atoms with Crippen LogP contribution in [-0.2, 0) is 14.3 Å². The van der Waals surface area contributed by atoms with Crippen molar-refractivity contribution in [1.82, 2.24) is 5.32 Å². The van der Waals surface area contributed by atoms with Gasteiger partial charge in [-0.3, -0.25) is 9.59 Å². The molecule has 6 nitrogen and oxygen atoms in total. The number of rotatable bonds is 57. The van der Waals surface area contributed by atoms with E-state index in [1.807, 2.05) is 0 Å². The Morgan fingerprint density at radius 2 is 0.621 bits per heavy atom. The first-order chi connectivity index (χ1) is 32.5. The van der Waals surface area contributed by atoms with Gasteiger partial charge in [-0.1, -0.05) is 309 Å². The van der Waals surface area contributed by atoms with E-state index in [2.05, 4.69) is 19.2 Å². The average Bonchev–Trinajstić information content (AvgIpc) is 3.32. The summed E-state index contributed by atoms with van der Waals surface area (Å²) in [6.45, 7) is 4.98. The number of carbonyl (C=O) groups excluding carboxylic acids is 2. The van der Waals surface area contributed by atoms with Crippen molar-refractivity contribution in [3.05, 3.63) is 0 Å². The molecule has 0 aliphatic carbocycles. The lowest BCUT2D eigenvalue weighted by molar-refractivity contribution is -0.143. The van der Waals surface area contributed by atoms with Gasteiger partial charge in [-0.2, -0.15) is 0 Å². The normalized spacial score (nSPS) is 12.5. The van der Waals surface area contributed by atoms with Gasteiger partial charge in [0.15, 0.2) is 0 Å². The van der Waals surface area contributed by atoms with Crippen molar-refractivity contribution in [2.45, 2.75) is 360 Å². The Labute approximate surface area is 413 Å². The summed E-state index contributed by atoms with van der Waals surface area (Å²) >= 11 is 0. The molecule has 6 heteroatoms. The molecule has 0 aromatic heterocycles. The van der Waals surface area contributed by atoms with Gasteiger partial charge < -0.3 is 20.3 Å². The third-order valence-electron chi connectivity index (χ3n) is 14.4. The summed E-state index contributed by atoms with van der Waals surface area (Å²) in [4.78, 5) is 24.5. The zero-order chi connectivity index (χ0) is 47.9. The highest BCUT2D eigenvalue weighted by Crippen LogP contribution is 2.18. The Hall–Kier alpha value is -1.14. The quantitative estimate of drug-likeness (QED) is 0.0417. The summed E-state index contributed by atoms with van der Waals surface area (Å²) in [7, 11) is 0. The second kappa shape index (κ2) is 56.4. The van der Waals surface area contributed by atoms with Crippen molar-refractivity contribution in [2.24, 2.45) is 0 Å². The molecule has 394 valence electrons. The second-order valence-electron chi connectivity index (χ2n) is 21.1. The fourth-order valence-electron chi connectivity index (χ4n) is 9.76. The molecule has 0 aromatic carbocycles. The van der Waals surface area contributed by atoms with Crippen molar-refractivity contribution < 1.29 is 24.5 Å². The van der Waals surface area contributed by atoms with Crippen LogP contribution in [0.2, 0.25) is 0 Å². The molecule has 0 heterocycles. The Kier molecular flexibility index (Phi) is 55.5. The number of esters is 1. The lowest BCUT2D eigenvalue weighted by Gasteiger charge is -2.22. The minimum atomic E-state index is -0.663. The first-order valence-electron chi connectivity index (χ1n) is 30.3. The Morgan fingerprint density at radius 3 is 0.924 bits per heavy atom. The monoisotopic (exact) mass is 934 g/mol. The zero-order valence-electron chi connectivity index (χ0n) is 45.0. The molecule has 0 spiro atoms. The van der Waals surface area contributed by atoms with Gasteiger partial charge in [-0.05, 0) is 25.7 Å². The molecule has 0 saturated carbocycles. The van der Waals surface area contributed by atoms with Crippen LogP contribution in [0.15, 0.2) is 0 Å². The maximum absolute atomic E-state index is 12.5. The van der Waals surface area contributed by atoms with Gasteiger partial charge in [0.1, 0.15) is 0 Å². The number of amides is 1. The molecule has 0 aromatic rings. The van der Waals surface area contributed by atoms with E-state index < -0.39 is 12.1 Å². The highest BCUT2D eigenvalue weighted by molar-refractivity contribution is 5.76. The smallest absolute Gasteiger partial charge is 0.305 e. The van der Waals surface area contributed by atoms with E-state index in [4.69, 9.17) is 4.74 Å². The van der Waals surface area contributed by atoms with E-state index in [0.717, 1.165) is 38.5 Å². The van der Waals surface area contributed by atoms with Gasteiger partial charge in [-0.15, -0.1) is 0 Å². The van der Waals surface area contributed by atoms with Crippen molar-refractivity contribution in [1.29, 1.82) is 0 Å². The van der Waals surface area contributed by atoms with Crippen LogP contribution in [0, 0.1) is 0 Å². The zero-order valence-corrected chi connectivity index (χ0v) is 45.0. The summed E-state index contributed by atoms with van der Waals surface area (Å²) in [6.07, 6.45) is 65.3. The molecule has 66 heavy (non-hydrogen) atoms. The highest BCUT2D eigenvalue weighted by Gasteiger charge is 2.20. The summed E-state index contributed by atoms with van der Waals surface area (Å²) < 4.78 is 5.47. The van der Waals surface area contributed by atoms with E-state index in [9.17, 15) is 19.8 Å². The number of nitrogens with one attached hydrogen (secondary N) is 1. The first-order valence-corrected chi connectivity index (χ1v) is 30.3. The molecule has 1 amide bonds. The lowest BCUT2D eigenvalue weighted by Crippen LogP contribution is -2.45. The number of hydrogen-bond donors (Lipinski definition) is 3. The topological polar surface area (TPSA) is 95.9 Å². The largest absolute Gasteiger partial charge is 0.466 e. The predicted octanol–water partition coefficient (Wildman–Crippen LogP) is 18.7. The standard InChI is InChI=1S/C60H119NO5/c1-3-5-7-9-11-13-15-17-26-29-32-36-40-44-48-52-58(63)57(56-62)61-59(64)53-49-45-41-37-33-30-27-24-22-20-18-19-21-23-25-28-31-35-39-43-47-51-55-66-60(65)54-50-46-42-38-34-16-14-12-10-8-6-4-2/h57-58,62-63H,3-56H2,1-2H3,(H,61,64). The molecule has 0 aliphatic heterocycles. The summed E-state index contributed by atoms with van der Waals surface area (Å²) in [5.41, 5.74) is 0. The third-order valence-corrected chi connectivity index (χ3v) is 14.4. The van der Waals surface area contributed by atoms with Crippen LogP contribution >= 0.6 is 0 Å². The molecular formula is C60H119NO5. The average molecular weight is 935 g/mol. The van der Waals surface area contributed by atoms with E-state index in [0.29, 0.717) is 25.9 Å². The van der Waals surface area contributed by atoms with Crippen molar-refractivity contribution in [3.63, 3.8) is 0 Å². The summed E-state index contributed by atoms with van der Waals surface area (Å²) in [6, 6.07) is -0.540. The SMILES string of the molecule is CCCCCCCCCCCCCCCCCC(O)C(CO)NC(=O)CCCCCCCCCCCCCCCCCCCCCCCCOC(=O)CCCCCCCCCCCCCC. The van der Waals surface area contributed by atoms with Crippen molar-refractivity contribution in [3.8, 4) is 0 Å². The van der Waals surface area contributed by atoms with Crippen molar-refractivity contribution in [2.75, 3.05) is 13.2 Å². The predicted molar refractivity (Wildman–Crippen MR) is 287 cm³/mol. The Balaban J connectivity index is 3.36. The van der Waals surface area contributed by atoms with Gasteiger partial charge in [-0.25, -0.2) is 0 Å². The molecule has 0 rings (SSSR count). The summed E-state index contributed by atoms with van der Waals surface area (Å²) in [5, 5.41) is 23.3. The maximum Gasteiger partial charge on any atom is 0.305 e. The summed E-state index contributed by atoms with van der Waals surface area (Å²) in [5.74, 6) is -0.0173. The van der Waals surface area contributed by atoms with E-state index >= 15 is 0 Å². The third kappa shape index (κ3) is 52.2. The highest BCUT2D eigenvalue weighted by atomic mass is 16.5. The molecular weight excluding hydrogens is 815 g/mol. The molecule has 0 radical (unpaired) electrons. The number of aliphatic hydroxyl groups is 2.